The molecule has 0 atom stereocenters. The number of fused-ring (bicyclic) bond motifs is 2. The van der Waals surface area contributed by atoms with Gasteiger partial charge in [-0.3, -0.25) is 5.01 Å². The van der Waals surface area contributed by atoms with E-state index in [2.05, 4.69) is 61.4 Å². The normalized spacial score (nSPS) is 13.3. The van der Waals surface area contributed by atoms with Crippen LogP contribution in [-0.2, 0) is 6.42 Å². The van der Waals surface area contributed by atoms with Gasteiger partial charge in [-0.1, -0.05) is 48.8 Å². The molecule has 1 aliphatic rings. The first-order valence-electron chi connectivity index (χ1n) is 7.18. The number of hydrogen-bond acceptors (Lipinski definition) is 3. The zero-order valence-electron chi connectivity index (χ0n) is 12.6. The molecule has 2 aromatic rings. The van der Waals surface area contributed by atoms with Gasteiger partial charge in [-0.2, -0.15) is 0 Å². The van der Waals surface area contributed by atoms with Gasteiger partial charge >= 0.3 is 0 Å². The fourth-order valence-corrected chi connectivity index (χ4v) is 4.01. The highest BCUT2D eigenvalue weighted by atomic mass is 35.5. The van der Waals surface area contributed by atoms with Gasteiger partial charge in [0.15, 0.2) is 0 Å². The Morgan fingerprint density at radius 3 is 2.67 bits per heavy atom. The molecule has 0 radical (unpaired) electrons. The summed E-state index contributed by atoms with van der Waals surface area (Å²) in [6, 6.07) is 12.7. The molecule has 2 nitrogen and oxygen atoms in total. The van der Waals surface area contributed by atoms with Crippen molar-refractivity contribution in [2.75, 3.05) is 19.1 Å². The lowest BCUT2D eigenvalue weighted by Crippen LogP contribution is -2.35. The Kier molecular flexibility index (Phi) is 4.16. The molecule has 0 spiro atoms. The van der Waals surface area contributed by atoms with Gasteiger partial charge in [0, 0.05) is 28.9 Å². The molecule has 1 heterocycles. The minimum Gasteiger partial charge on any atom is -0.272 e. The van der Waals surface area contributed by atoms with Gasteiger partial charge in [0.1, 0.15) is 0 Å². The summed E-state index contributed by atoms with van der Waals surface area (Å²) in [6.45, 7) is 2.22. The van der Waals surface area contributed by atoms with E-state index in [0.29, 0.717) is 0 Å². The fraction of sp³-hybridized carbons (Fsp3) is 0.294. The van der Waals surface area contributed by atoms with Crippen LogP contribution in [0.2, 0.25) is 5.02 Å². The fourth-order valence-electron chi connectivity index (χ4n) is 2.76. The van der Waals surface area contributed by atoms with Gasteiger partial charge in [0.2, 0.25) is 0 Å². The van der Waals surface area contributed by atoms with Crippen molar-refractivity contribution in [1.29, 1.82) is 0 Å². The molecule has 0 saturated heterocycles. The minimum atomic E-state index is 0.776. The summed E-state index contributed by atoms with van der Waals surface area (Å²) in [7, 11) is 4.15. The molecule has 0 aliphatic carbocycles. The standard InChI is InChI=1S/C17H19ClN2S/c1-4-6-12-7-5-8-16-17(12)20(19(2)3)14-11-13(18)9-10-15(14)21-16/h5,7-11H,4,6H2,1-3H3. The Balaban J connectivity index is 2.21. The van der Waals surface area contributed by atoms with Gasteiger partial charge < -0.3 is 0 Å². The first kappa shape index (κ1) is 14.8. The Bertz CT molecular complexity index is 670. The van der Waals surface area contributed by atoms with Crippen LogP contribution in [0.25, 0.3) is 0 Å². The van der Waals surface area contributed by atoms with E-state index in [0.717, 1.165) is 23.6 Å². The van der Waals surface area contributed by atoms with E-state index in [1.54, 1.807) is 0 Å². The molecule has 0 amide bonds. The molecule has 110 valence electrons. The summed E-state index contributed by atoms with van der Waals surface area (Å²) < 4.78 is 0. The number of benzene rings is 2. The SMILES string of the molecule is CCCc1cccc2c1N(N(C)C)c1cc(Cl)ccc1S2. The van der Waals surface area contributed by atoms with Crippen LogP contribution in [0.1, 0.15) is 18.9 Å². The van der Waals surface area contributed by atoms with E-state index < -0.39 is 0 Å². The molecule has 4 heteroatoms. The Labute approximate surface area is 135 Å². The van der Waals surface area contributed by atoms with E-state index in [4.69, 9.17) is 11.6 Å². The number of nitrogens with zero attached hydrogens (tertiary/aromatic N) is 2. The molecule has 3 rings (SSSR count). The number of anilines is 2. The van der Waals surface area contributed by atoms with Crippen molar-refractivity contribution in [2.24, 2.45) is 0 Å². The minimum absolute atomic E-state index is 0.776. The quantitative estimate of drug-likeness (QED) is 0.751. The van der Waals surface area contributed by atoms with Crippen LogP contribution in [0.4, 0.5) is 11.4 Å². The zero-order valence-corrected chi connectivity index (χ0v) is 14.1. The predicted molar refractivity (Wildman–Crippen MR) is 91.8 cm³/mol. The largest absolute Gasteiger partial charge is 0.272 e. The van der Waals surface area contributed by atoms with Crippen LogP contribution < -0.4 is 5.01 Å². The summed E-state index contributed by atoms with van der Waals surface area (Å²) in [5.41, 5.74) is 3.85. The summed E-state index contributed by atoms with van der Waals surface area (Å²) in [5.74, 6) is 0. The average Bonchev–Trinajstić information content (AvgIpc) is 2.45. The van der Waals surface area contributed by atoms with Crippen molar-refractivity contribution >= 4 is 34.7 Å². The van der Waals surface area contributed by atoms with E-state index >= 15 is 0 Å². The molecule has 0 saturated carbocycles. The molecule has 1 aliphatic heterocycles. The van der Waals surface area contributed by atoms with Crippen LogP contribution in [0.5, 0.6) is 0 Å². The van der Waals surface area contributed by atoms with Crippen LogP contribution in [0.15, 0.2) is 46.2 Å². The smallest absolute Gasteiger partial charge is 0.0751 e. The second kappa shape index (κ2) is 5.91. The topological polar surface area (TPSA) is 6.48 Å². The van der Waals surface area contributed by atoms with Crippen molar-refractivity contribution in [3.05, 3.63) is 47.0 Å². The summed E-state index contributed by atoms with van der Waals surface area (Å²) in [6.07, 6.45) is 2.23. The third kappa shape index (κ3) is 2.66. The number of rotatable bonds is 3. The van der Waals surface area contributed by atoms with Gasteiger partial charge in [0.05, 0.1) is 11.4 Å². The van der Waals surface area contributed by atoms with Crippen molar-refractivity contribution < 1.29 is 0 Å². The lowest BCUT2D eigenvalue weighted by atomic mass is 10.1. The predicted octanol–water partition coefficient (Wildman–Crippen LogP) is 5.37. The van der Waals surface area contributed by atoms with Crippen LogP contribution in [-0.4, -0.2) is 19.1 Å². The van der Waals surface area contributed by atoms with E-state index in [-0.39, 0.29) is 0 Å². The van der Waals surface area contributed by atoms with Crippen molar-refractivity contribution in [3.63, 3.8) is 0 Å². The highest BCUT2D eigenvalue weighted by Crippen LogP contribution is 2.50. The van der Waals surface area contributed by atoms with E-state index in [1.807, 2.05) is 17.8 Å². The molecular formula is C17H19ClN2S. The first-order valence-corrected chi connectivity index (χ1v) is 8.38. The van der Waals surface area contributed by atoms with Gasteiger partial charge in [-0.15, -0.1) is 0 Å². The number of hydrogen-bond donors (Lipinski definition) is 0. The summed E-state index contributed by atoms with van der Waals surface area (Å²) in [5, 5.41) is 5.18. The maximum atomic E-state index is 6.22. The van der Waals surface area contributed by atoms with Crippen molar-refractivity contribution in [1.82, 2.24) is 5.01 Å². The second-order valence-corrected chi connectivity index (χ2v) is 6.91. The molecule has 21 heavy (non-hydrogen) atoms. The molecule has 0 fully saturated rings. The van der Waals surface area contributed by atoms with Crippen LogP contribution >= 0.6 is 23.4 Å². The number of hydrazine groups is 1. The monoisotopic (exact) mass is 318 g/mol. The van der Waals surface area contributed by atoms with Crippen LogP contribution in [0, 0.1) is 0 Å². The van der Waals surface area contributed by atoms with Crippen molar-refractivity contribution in [3.8, 4) is 0 Å². The lowest BCUT2D eigenvalue weighted by Gasteiger charge is -2.38. The Hall–Kier alpha value is -1.16. The van der Waals surface area contributed by atoms with Gasteiger partial charge in [-0.25, -0.2) is 5.01 Å². The van der Waals surface area contributed by atoms with Gasteiger partial charge in [0.25, 0.3) is 0 Å². The molecule has 0 N–H and O–H groups in total. The zero-order chi connectivity index (χ0) is 15.0. The molecule has 0 aromatic heterocycles. The molecule has 0 unspecified atom stereocenters. The number of aryl methyl sites for hydroxylation is 1. The third-order valence-electron chi connectivity index (χ3n) is 3.58. The highest BCUT2D eigenvalue weighted by Gasteiger charge is 2.27. The molecule has 2 aromatic carbocycles. The number of para-hydroxylation sites is 1. The summed E-state index contributed by atoms with van der Waals surface area (Å²) >= 11 is 8.05. The van der Waals surface area contributed by atoms with Gasteiger partial charge in [-0.05, 0) is 36.2 Å². The Morgan fingerprint density at radius 2 is 1.95 bits per heavy atom. The first-order chi connectivity index (χ1) is 10.1. The Morgan fingerprint density at radius 1 is 1.14 bits per heavy atom. The maximum absolute atomic E-state index is 6.22. The van der Waals surface area contributed by atoms with E-state index in [9.17, 15) is 0 Å². The molecular weight excluding hydrogens is 300 g/mol. The lowest BCUT2D eigenvalue weighted by molar-refractivity contribution is 0.411. The number of halogens is 1. The van der Waals surface area contributed by atoms with E-state index in [1.165, 1.54) is 21.0 Å². The maximum Gasteiger partial charge on any atom is 0.0751 e. The van der Waals surface area contributed by atoms with Crippen molar-refractivity contribution in [2.45, 2.75) is 29.6 Å². The summed E-state index contributed by atoms with van der Waals surface area (Å²) in [4.78, 5) is 2.55. The van der Waals surface area contributed by atoms with Crippen LogP contribution in [0.3, 0.4) is 0 Å². The third-order valence-corrected chi connectivity index (χ3v) is 4.93. The molecule has 0 bridgehead atoms. The second-order valence-electron chi connectivity index (χ2n) is 5.39. The highest BCUT2D eigenvalue weighted by molar-refractivity contribution is 7.99. The average molecular weight is 319 g/mol.